The van der Waals surface area contributed by atoms with Crippen molar-refractivity contribution in [1.82, 2.24) is 14.9 Å². The van der Waals surface area contributed by atoms with Crippen LogP contribution in [0.4, 0.5) is 0 Å². The first-order chi connectivity index (χ1) is 12.4. The Morgan fingerprint density at radius 2 is 1.92 bits per heavy atom. The van der Waals surface area contributed by atoms with Crippen LogP contribution in [0.2, 0.25) is 0 Å². The number of aromatic nitrogens is 2. The minimum absolute atomic E-state index is 0.0356. The molecule has 136 valence electrons. The van der Waals surface area contributed by atoms with Crippen molar-refractivity contribution in [3.63, 3.8) is 0 Å². The molecular formula is C20H23N3O2S. The molecule has 5 nitrogen and oxygen atoms in total. The number of carbonyl (C=O) groups excluding carboxylic acids is 1. The van der Waals surface area contributed by atoms with Gasteiger partial charge in [0.1, 0.15) is 11.4 Å². The van der Waals surface area contributed by atoms with Gasteiger partial charge >= 0.3 is 0 Å². The van der Waals surface area contributed by atoms with Gasteiger partial charge in [-0.3, -0.25) is 14.2 Å². The second kappa shape index (κ2) is 7.41. The summed E-state index contributed by atoms with van der Waals surface area (Å²) in [5.74, 6) is 0.0425. The first-order valence-corrected chi connectivity index (χ1v) is 9.49. The van der Waals surface area contributed by atoms with E-state index in [0.29, 0.717) is 5.39 Å². The maximum absolute atomic E-state index is 12.7. The average Bonchev–Trinajstić information content (AvgIpc) is 2.91. The van der Waals surface area contributed by atoms with Crippen LogP contribution in [0.5, 0.6) is 0 Å². The van der Waals surface area contributed by atoms with Crippen LogP contribution in [-0.4, -0.2) is 15.5 Å². The van der Waals surface area contributed by atoms with Crippen LogP contribution in [-0.2, 0) is 11.3 Å². The van der Waals surface area contributed by atoms with Crippen molar-refractivity contribution in [2.75, 3.05) is 0 Å². The highest BCUT2D eigenvalue weighted by atomic mass is 32.1. The summed E-state index contributed by atoms with van der Waals surface area (Å²) in [5, 5.41) is 3.67. The normalized spacial score (nSPS) is 12.5. The molecule has 0 saturated heterocycles. The first kappa shape index (κ1) is 18.3. The molecule has 0 unspecified atom stereocenters. The molecule has 0 spiro atoms. The summed E-state index contributed by atoms with van der Waals surface area (Å²) >= 11 is 1.51. The van der Waals surface area contributed by atoms with Gasteiger partial charge in [-0.05, 0) is 30.9 Å². The van der Waals surface area contributed by atoms with Crippen molar-refractivity contribution in [2.24, 2.45) is 5.92 Å². The van der Waals surface area contributed by atoms with Crippen LogP contribution in [0.25, 0.3) is 10.2 Å². The fourth-order valence-electron chi connectivity index (χ4n) is 3.05. The van der Waals surface area contributed by atoms with Crippen molar-refractivity contribution in [1.29, 1.82) is 0 Å². The van der Waals surface area contributed by atoms with Gasteiger partial charge in [0.15, 0.2) is 0 Å². The molecule has 26 heavy (non-hydrogen) atoms. The molecule has 3 rings (SSSR count). The van der Waals surface area contributed by atoms with Crippen LogP contribution in [0.1, 0.15) is 35.9 Å². The van der Waals surface area contributed by atoms with Crippen molar-refractivity contribution >= 4 is 27.5 Å². The predicted molar refractivity (Wildman–Crippen MR) is 106 cm³/mol. The van der Waals surface area contributed by atoms with E-state index in [0.717, 1.165) is 20.8 Å². The van der Waals surface area contributed by atoms with Crippen LogP contribution in [0.3, 0.4) is 0 Å². The van der Waals surface area contributed by atoms with Crippen LogP contribution >= 0.6 is 11.3 Å². The maximum atomic E-state index is 12.7. The van der Waals surface area contributed by atoms with E-state index in [2.05, 4.69) is 24.1 Å². The first-order valence-electron chi connectivity index (χ1n) is 8.68. The largest absolute Gasteiger partial charge is 0.347 e. The minimum atomic E-state index is -0.194. The summed E-state index contributed by atoms with van der Waals surface area (Å²) in [7, 11) is 0. The van der Waals surface area contributed by atoms with Crippen LogP contribution in [0.15, 0.2) is 41.5 Å². The molecule has 0 aliphatic heterocycles. The van der Waals surface area contributed by atoms with Gasteiger partial charge in [0.2, 0.25) is 5.91 Å². The van der Waals surface area contributed by atoms with Gasteiger partial charge in [-0.25, -0.2) is 4.98 Å². The number of hydrogen-bond acceptors (Lipinski definition) is 4. The van der Waals surface area contributed by atoms with Crippen LogP contribution in [0, 0.1) is 19.8 Å². The van der Waals surface area contributed by atoms with E-state index in [1.165, 1.54) is 22.2 Å². The molecule has 0 saturated carbocycles. The average molecular weight is 369 g/mol. The molecule has 0 radical (unpaired) electrons. The summed E-state index contributed by atoms with van der Waals surface area (Å²) in [5.41, 5.74) is 1.84. The summed E-state index contributed by atoms with van der Waals surface area (Å²) in [4.78, 5) is 31.5. The molecule has 0 aliphatic carbocycles. The van der Waals surface area contributed by atoms with Crippen molar-refractivity contribution in [3.8, 4) is 0 Å². The van der Waals surface area contributed by atoms with E-state index < -0.39 is 0 Å². The Labute approximate surface area is 156 Å². The van der Waals surface area contributed by atoms with Crippen molar-refractivity contribution < 1.29 is 4.79 Å². The Hall–Kier alpha value is -2.47. The van der Waals surface area contributed by atoms with E-state index >= 15 is 0 Å². The third kappa shape index (κ3) is 3.55. The predicted octanol–water partition coefficient (Wildman–Crippen LogP) is 3.59. The quantitative estimate of drug-likeness (QED) is 0.747. The van der Waals surface area contributed by atoms with Gasteiger partial charge in [0, 0.05) is 4.88 Å². The number of carbonyl (C=O) groups is 1. The molecule has 0 bridgehead atoms. The van der Waals surface area contributed by atoms with Gasteiger partial charge in [0.25, 0.3) is 5.56 Å². The standard InChI is InChI=1S/C20H23N3O2S/c1-12(2)18(15-8-6-5-7-9-15)22-16(24)10-23-11-21-19-17(20(23)25)13(3)14(4)26-19/h5-9,11-12,18H,10H2,1-4H3,(H,22,24)/t18-/m1/s1. The molecule has 6 heteroatoms. The minimum Gasteiger partial charge on any atom is -0.347 e. The Kier molecular flexibility index (Phi) is 5.23. The summed E-state index contributed by atoms with van der Waals surface area (Å²) in [6.45, 7) is 7.99. The number of thiophene rings is 1. The Morgan fingerprint density at radius 1 is 1.23 bits per heavy atom. The fourth-order valence-corrected chi connectivity index (χ4v) is 4.04. The Morgan fingerprint density at radius 3 is 2.58 bits per heavy atom. The molecule has 1 atom stereocenters. The van der Waals surface area contributed by atoms with E-state index in [9.17, 15) is 9.59 Å². The summed E-state index contributed by atoms with van der Waals surface area (Å²) in [6.07, 6.45) is 1.46. The lowest BCUT2D eigenvalue weighted by Gasteiger charge is -2.23. The highest BCUT2D eigenvalue weighted by Crippen LogP contribution is 2.25. The molecule has 1 amide bonds. The monoisotopic (exact) mass is 369 g/mol. The number of fused-ring (bicyclic) bond motifs is 1. The summed E-state index contributed by atoms with van der Waals surface area (Å²) < 4.78 is 1.39. The van der Waals surface area contributed by atoms with E-state index in [1.807, 2.05) is 44.2 Å². The van der Waals surface area contributed by atoms with Crippen molar-refractivity contribution in [3.05, 3.63) is 63.0 Å². The number of aryl methyl sites for hydroxylation is 2. The third-order valence-electron chi connectivity index (χ3n) is 4.61. The Balaban J connectivity index is 1.83. The number of rotatable bonds is 5. The smallest absolute Gasteiger partial charge is 0.262 e. The zero-order valence-corrected chi connectivity index (χ0v) is 16.3. The summed E-state index contributed by atoms with van der Waals surface area (Å²) in [6, 6.07) is 9.78. The third-order valence-corrected chi connectivity index (χ3v) is 5.73. The van der Waals surface area contributed by atoms with E-state index in [1.54, 1.807) is 0 Å². The topological polar surface area (TPSA) is 64.0 Å². The molecule has 2 aromatic heterocycles. The number of hydrogen-bond donors (Lipinski definition) is 1. The molecule has 3 aromatic rings. The number of benzene rings is 1. The maximum Gasteiger partial charge on any atom is 0.262 e. The zero-order valence-electron chi connectivity index (χ0n) is 15.4. The molecular weight excluding hydrogens is 346 g/mol. The lowest BCUT2D eigenvalue weighted by Crippen LogP contribution is -2.36. The fraction of sp³-hybridized carbons (Fsp3) is 0.350. The number of nitrogens with one attached hydrogen (secondary N) is 1. The second-order valence-corrected chi connectivity index (χ2v) is 8.04. The van der Waals surface area contributed by atoms with Gasteiger partial charge in [-0.15, -0.1) is 11.3 Å². The van der Waals surface area contributed by atoms with Gasteiger partial charge in [-0.1, -0.05) is 44.2 Å². The second-order valence-electron chi connectivity index (χ2n) is 6.84. The lowest BCUT2D eigenvalue weighted by atomic mass is 9.96. The zero-order chi connectivity index (χ0) is 18.8. The van der Waals surface area contributed by atoms with Crippen molar-refractivity contribution in [2.45, 2.75) is 40.3 Å². The van der Waals surface area contributed by atoms with E-state index in [-0.39, 0.29) is 30.0 Å². The molecule has 1 N–H and O–H groups in total. The number of amides is 1. The highest BCUT2D eigenvalue weighted by molar-refractivity contribution is 7.18. The molecule has 0 aliphatic rings. The SMILES string of the molecule is Cc1sc2ncn(CC(=O)N[C@@H](c3ccccc3)C(C)C)c(=O)c2c1C. The number of nitrogens with zero attached hydrogens (tertiary/aromatic N) is 2. The van der Waals surface area contributed by atoms with Gasteiger partial charge < -0.3 is 5.32 Å². The van der Waals surface area contributed by atoms with Crippen LogP contribution < -0.4 is 10.9 Å². The molecule has 0 fully saturated rings. The Bertz CT molecular complexity index is 989. The van der Waals surface area contributed by atoms with Gasteiger partial charge in [-0.2, -0.15) is 0 Å². The van der Waals surface area contributed by atoms with Gasteiger partial charge in [0.05, 0.1) is 17.8 Å². The highest BCUT2D eigenvalue weighted by Gasteiger charge is 2.19. The van der Waals surface area contributed by atoms with E-state index in [4.69, 9.17) is 0 Å². The molecule has 2 heterocycles. The lowest BCUT2D eigenvalue weighted by molar-refractivity contribution is -0.122. The molecule has 1 aromatic carbocycles.